The zero-order chi connectivity index (χ0) is 18.5. The van der Waals surface area contributed by atoms with Crippen LogP contribution in [0.15, 0.2) is 52.9 Å². The van der Waals surface area contributed by atoms with E-state index in [2.05, 4.69) is 10.3 Å². The minimum Gasteiger partial charge on any atom is -0.452 e. The lowest BCUT2D eigenvalue weighted by molar-refractivity contribution is -0.150. The van der Waals surface area contributed by atoms with Crippen molar-refractivity contribution in [3.05, 3.63) is 54.1 Å². The maximum Gasteiger partial charge on any atom is 0.317 e. The Labute approximate surface area is 159 Å². The predicted octanol–water partition coefficient (Wildman–Crippen LogP) is 4.27. The molecule has 0 bridgehead atoms. The van der Waals surface area contributed by atoms with Gasteiger partial charge in [-0.25, -0.2) is 4.98 Å². The molecule has 0 aliphatic rings. The highest BCUT2D eigenvalue weighted by Gasteiger charge is 2.18. The number of aryl methyl sites for hydroxylation is 1. The van der Waals surface area contributed by atoms with Crippen LogP contribution in [0.25, 0.3) is 10.2 Å². The van der Waals surface area contributed by atoms with Crippen molar-refractivity contribution in [1.29, 1.82) is 0 Å². The van der Waals surface area contributed by atoms with Gasteiger partial charge in [0.1, 0.15) is 0 Å². The second-order valence-electron chi connectivity index (χ2n) is 5.73. The Kier molecular flexibility index (Phi) is 5.90. The third kappa shape index (κ3) is 4.83. The van der Waals surface area contributed by atoms with Crippen molar-refractivity contribution >= 4 is 50.9 Å². The molecule has 0 saturated heterocycles. The average molecular weight is 386 g/mol. The molecule has 134 valence electrons. The quantitative estimate of drug-likeness (QED) is 0.506. The number of thioether (sulfide) groups is 1. The van der Waals surface area contributed by atoms with Gasteiger partial charge in [-0.1, -0.05) is 36.0 Å². The van der Waals surface area contributed by atoms with Crippen LogP contribution in [-0.2, 0) is 14.3 Å². The number of anilines is 1. The summed E-state index contributed by atoms with van der Waals surface area (Å²) in [5, 5.41) is 2.75. The summed E-state index contributed by atoms with van der Waals surface area (Å²) in [7, 11) is 0. The van der Waals surface area contributed by atoms with Crippen LogP contribution in [0, 0.1) is 6.92 Å². The first-order valence-corrected chi connectivity index (χ1v) is 9.87. The van der Waals surface area contributed by atoms with E-state index in [1.807, 2.05) is 49.4 Å². The highest BCUT2D eigenvalue weighted by Crippen LogP contribution is 2.29. The van der Waals surface area contributed by atoms with Crippen LogP contribution >= 0.6 is 23.1 Å². The van der Waals surface area contributed by atoms with Gasteiger partial charge in [-0.3, -0.25) is 9.59 Å². The van der Waals surface area contributed by atoms with Gasteiger partial charge in [-0.05, 0) is 43.7 Å². The molecule has 1 atom stereocenters. The summed E-state index contributed by atoms with van der Waals surface area (Å²) < 4.78 is 7.10. The van der Waals surface area contributed by atoms with Gasteiger partial charge in [-0.15, -0.1) is 11.3 Å². The lowest BCUT2D eigenvalue weighted by Gasteiger charge is -2.13. The number of amides is 1. The highest BCUT2D eigenvalue weighted by atomic mass is 32.2. The summed E-state index contributed by atoms with van der Waals surface area (Å²) in [6.45, 7) is 3.50. The first-order chi connectivity index (χ1) is 12.5. The molecule has 2 aromatic carbocycles. The maximum absolute atomic E-state index is 12.1. The van der Waals surface area contributed by atoms with E-state index in [9.17, 15) is 9.59 Å². The van der Waals surface area contributed by atoms with E-state index >= 15 is 0 Å². The fourth-order valence-corrected chi connectivity index (χ4v) is 4.14. The number of fused-ring (bicyclic) bond motifs is 1. The summed E-state index contributed by atoms with van der Waals surface area (Å²) in [5.41, 5.74) is 2.64. The van der Waals surface area contributed by atoms with Crippen molar-refractivity contribution in [2.24, 2.45) is 0 Å². The van der Waals surface area contributed by atoms with Gasteiger partial charge in [0.05, 0.1) is 16.0 Å². The van der Waals surface area contributed by atoms with Crippen LogP contribution in [-0.4, -0.2) is 28.7 Å². The molecule has 3 rings (SSSR count). The molecule has 3 aromatic rings. The fraction of sp³-hybridized carbons (Fsp3) is 0.211. The van der Waals surface area contributed by atoms with Gasteiger partial charge in [0.2, 0.25) is 0 Å². The van der Waals surface area contributed by atoms with E-state index < -0.39 is 12.1 Å². The Hall–Kier alpha value is -2.38. The van der Waals surface area contributed by atoms with E-state index in [-0.39, 0.29) is 11.7 Å². The topological polar surface area (TPSA) is 68.3 Å². The van der Waals surface area contributed by atoms with Crippen LogP contribution in [0.3, 0.4) is 0 Å². The molecular weight excluding hydrogens is 368 g/mol. The number of esters is 1. The van der Waals surface area contributed by atoms with E-state index in [1.165, 1.54) is 23.1 Å². The molecule has 5 nitrogen and oxygen atoms in total. The van der Waals surface area contributed by atoms with E-state index in [0.29, 0.717) is 5.69 Å². The summed E-state index contributed by atoms with van der Waals surface area (Å²) in [6, 6.07) is 15.3. The number of aromatic nitrogens is 1. The number of hydrogen-bond donors (Lipinski definition) is 1. The van der Waals surface area contributed by atoms with Crippen LogP contribution < -0.4 is 5.32 Å². The van der Waals surface area contributed by atoms with Gasteiger partial charge in [0.15, 0.2) is 10.4 Å². The highest BCUT2D eigenvalue weighted by molar-refractivity contribution is 8.01. The van der Waals surface area contributed by atoms with Crippen molar-refractivity contribution in [2.75, 3.05) is 11.1 Å². The van der Waals surface area contributed by atoms with Crippen LogP contribution in [0.2, 0.25) is 0 Å². The summed E-state index contributed by atoms with van der Waals surface area (Å²) in [4.78, 5) is 28.6. The molecule has 0 unspecified atom stereocenters. The second-order valence-corrected chi connectivity index (χ2v) is 7.98. The first-order valence-electron chi connectivity index (χ1n) is 8.06. The lowest BCUT2D eigenvalue weighted by atomic mass is 10.2. The van der Waals surface area contributed by atoms with Gasteiger partial charge in [0, 0.05) is 5.69 Å². The molecule has 1 N–H and O–H groups in total. The number of nitrogens with zero attached hydrogens (tertiary/aromatic N) is 1. The zero-order valence-corrected chi connectivity index (χ0v) is 16.0. The number of thiazole rings is 1. The minimum absolute atomic E-state index is 0.113. The van der Waals surface area contributed by atoms with Gasteiger partial charge >= 0.3 is 5.97 Å². The molecule has 0 aliphatic carbocycles. The third-order valence-corrected chi connectivity index (χ3v) is 5.70. The molecule has 1 amide bonds. The number of benzene rings is 2. The van der Waals surface area contributed by atoms with E-state index in [4.69, 9.17) is 4.74 Å². The molecule has 0 spiro atoms. The van der Waals surface area contributed by atoms with Crippen molar-refractivity contribution in [3.63, 3.8) is 0 Å². The van der Waals surface area contributed by atoms with Gasteiger partial charge < -0.3 is 10.1 Å². The number of nitrogens with one attached hydrogen (secondary N) is 1. The van der Waals surface area contributed by atoms with Crippen molar-refractivity contribution in [1.82, 2.24) is 4.98 Å². The summed E-state index contributed by atoms with van der Waals surface area (Å²) >= 11 is 2.85. The van der Waals surface area contributed by atoms with Gasteiger partial charge in [-0.2, -0.15) is 0 Å². The van der Waals surface area contributed by atoms with Crippen LogP contribution in [0.5, 0.6) is 0 Å². The third-order valence-electron chi connectivity index (χ3n) is 3.55. The normalized spacial score (nSPS) is 11.9. The Balaban J connectivity index is 1.49. The smallest absolute Gasteiger partial charge is 0.317 e. The minimum atomic E-state index is -0.862. The maximum atomic E-state index is 12.1. The Morgan fingerprint density at radius 1 is 1.23 bits per heavy atom. The zero-order valence-electron chi connectivity index (χ0n) is 14.4. The largest absolute Gasteiger partial charge is 0.452 e. The summed E-state index contributed by atoms with van der Waals surface area (Å²) in [6.07, 6.45) is -0.862. The number of ether oxygens (including phenoxy) is 1. The predicted molar refractivity (Wildman–Crippen MR) is 106 cm³/mol. The van der Waals surface area contributed by atoms with Gasteiger partial charge in [0.25, 0.3) is 5.91 Å². The van der Waals surface area contributed by atoms with Crippen molar-refractivity contribution < 1.29 is 14.3 Å². The first kappa shape index (κ1) is 18.4. The van der Waals surface area contributed by atoms with Crippen molar-refractivity contribution in [2.45, 2.75) is 24.3 Å². The number of hydrogen-bond acceptors (Lipinski definition) is 6. The van der Waals surface area contributed by atoms with Crippen LogP contribution in [0.1, 0.15) is 12.5 Å². The standard InChI is InChI=1S/C19H18N2O3S2/c1-12-6-5-7-14(10-12)20-18(23)13(2)24-17(22)11-25-19-21-15-8-3-4-9-16(15)26-19/h3-10,13H,11H2,1-2H3,(H,20,23)/t13-/m0/s1. The molecule has 0 radical (unpaired) electrons. The SMILES string of the molecule is Cc1cccc(NC(=O)[C@H](C)OC(=O)CSc2nc3ccccc3s2)c1. The molecule has 0 fully saturated rings. The van der Waals surface area contributed by atoms with E-state index in [0.717, 1.165) is 20.1 Å². The molecular formula is C19H18N2O3S2. The number of rotatable bonds is 6. The Bertz CT molecular complexity index is 906. The van der Waals surface area contributed by atoms with Crippen LogP contribution in [0.4, 0.5) is 5.69 Å². The number of carbonyl (C=O) groups excluding carboxylic acids is 2. The Morgan fingerprint density at radius 3 is 2.81 bits per heavy atom. The lowest BCUT2D eigenvalue weighted by Crippen LogP contribution is -2.30. The molecule has 0 aliphatic heterocycles. The molecule has 1 heterocycles. The second kappa shape index (κ2) is 8.33. The molecule has 1 aromatic heterocycles. The molecule has 0 saturated carbocycles. The Morgan fingerprint density at radius 2 is 2.04 bits per heavy atom. The van der Waals surface area contributed by atoms with E-state index in [1.54, 1.807) is 13.0 Å². The fourth-order valence-electron chi connectivity index (χ4n) is 2.28. The summed E-state index contributed by atoms with van der Waals surface area (Å²) in [5.74, 6) is -0.683. The van der Waals surface area contributed by atoms with Crippen molar-refractivity contribution in [3.8, 4) is 0 Å². The number of para-hydroxylation sites is 1. The molecule has 7 heteroatoms. The number of carbonyl (C=O) groups is 2. The monoisotopic (exact) mass is 386 g/mol. The molecule has 26 heavy (non-hydrogen) atoms. The average Bonchev–Trinajstić information content (AvgIpc) is 3.03.